The van der Waals surface area contributed by atoms with Crippen LogP contribution in [0.3, 0.4) is 0 Å². The fraction of sp³-hybridized carbons (Fsp3) is 0.556. The van der Waals surface area contributed by atoms with Crippen LogP contribution in [0.4, 0.5) is 8.78 Å². The van der Waals surface area contributed by atoms with Crippen molar-refractivity contribution in [3.05, 3.63) is 41.5 Å². The first kappa shape index (κ1) is 15.3. The molecule has 5 rings (SSSR count). The topological polar surface area (TPSA) is 57.4 Å². The van der Waals surface area contributed by atoms with Crippen LogP contribution in [0.15, 0.2) is 28.8 Å². The average Bonchev–Trinajstić information content (AvgIpc) is 2.95. The Bertz CT molecular complexity index is 788. The molecule has 7 heteroatoms. The molecule has 1 aromatic carbocycles. The number of hydrogen-bond acceptors (Lipinski definition) is 5. The van der Waals surface area contributed by atoms with Gasteiger partial charge in [0.05, 0.1) is 17.6 Å². The number of nitrogens with zero attached hydrogens (tertiary/aromatic N) is 2. The number of halogens is 2. The molecule has 2 aliphatic carbocycles. The Morgan fingerprint density at radius 2 is 2.04 bits per heavy atom. The van der Waals surface area contributed by atoms with Crippen LogP contribution >= 0.6 is 0 Å². The van der Waals surface area contributed by atoms with E-state index < -0.39 is 6.61 Å². The summed E-state index contributed by atoms with van der Waals surface area (Å²) < 4.78 is 40.4. The Hall–Kier alpha value is -2.02. The van der Waals surface area contributed by atoms with Crippen molar-refractivity contribution in [1.29, 1.82) is 0 Å². The maximum Gasteiger partial charge on any atom is 0.387 e. The average molecular weight is 348 g/mol. The zero-order valence-corrected chi connectivity index (χ0v) is 13.6. The quantitative estimate of drug-likeness (QED) is 0.828. The Kier molecular flexibility index (Phi) is 3.20. The van der Waals surface area contributed by atoms with Gasteiger partial charge in [-0.3, -0.25) is 0 Å². The van der Waals surface area contributed by atoms with Crippen LogP contribution in [0.1, 0.15) is 43.0 Å². The van der Waals surface area contributed by atoms with Gasteiger partial charge in [0.25, 0.3) is 0 Å². The lowest BCUT2D eigenvalue weighted by Crippen LogP contribution is -2.48. The van der Waals surface area contributed by atoms with E-state index >= 15 is 0 Å². The standard InChI is InChI=1S/C18H18F2N2O3/c19-16(20)24-13-4-2-11(3-5-13)8-14-21-15(25-22-14)18-9-12(18)10-23-17(18)6-1-7-17/h2-5,12,16H,1,6-10H2/t12-,18-/m0/s1. The smallest absolute Gasteiger partial charge is 0.387 e. The van der Waals surface area contributed by atoms with Crippen molar-refractivity contribution < 1.29 is 22.8 Å². The lowest BCUT2D eigenvalue weighted by atomic mass is 9.68. The highest BCUT2D eigenvalue weighted by molar-refractivity contribution is 5.35. The molecule has 0 bridgehead atoms. The lowest BCUT2D eigenvalue weighted by molar-refractivity contribution is -0.0960. The summed E-state index contributed by atoms with van der Waals surface area (Å²) in [5.41, 5.74) is 0.779. The van der Waals surface area contributed by atoms with E-state index in [2.05, 4.69) is 14.9 Å². The molecule has 2 saturated carbocycles. The molecule has 2 aromatic rings. The van der Waals surface area contributed by atoms with Crippen molar-refractivity contribution >= 4 is 0 Å². The number of ether oxygens (including phenoxy) is 2. The minimum absolute atomic E-state index is 0.0640. The first-order chi connectivity index (χ1) is 12.1. The zero-order chi connectivity index (χ0) is 17.1. The van der Waals surface area contributed by atoms with Crippen molar-refractivity contribution in [2.75, 3.05) is 6.61 Å². The summed E-state index contributed by atoms with van der Waals surface area (Å²) in [6.07, 6.45) is 4.92. The van der Waals surface area contributed by atoms with Crippen molar-refractivity contribution in [3.8, 4) is 5.75 Å². The van der Waals surface area contributed by atoms with Crippen LogP contribution in [0.5, 0.6) is 5.75 Å². The van der Waals surface area contributed by atoms with E-state index in [4.69, 9.17) is 9.26 Å². The van der Waals surface area contributed by atoms with Crippen LogP contribution < -0.4 is 4.74 Å². The number of benzene rings is 1. The van der Waals surface area contributed by atoms with Gasteiger partial charge in [-0.15, -0.1) is 0 Å². The number of hydrogen-bond donors (Lipinski definition) is 0. The fourth-order valence-corrected chi connectivity index (χ4v) is 4.50. The number of aromatic nitrogens is 2. The molecule has 1 saturated heterocycles. The number of rotatable bonds is 5. The van der Waals surface area contributed by atoms with Gasteiger partial charge in [-0.25, -0.2) is 0 Å². The van der Waals surface area contributed by atoms with Gasteiger partial charge >= 0.3 is 6.61 Å². The first-order valence-corrected chi connectivity index (χ1v) is 8.62. The molecular weight excluding hydrogens is 330 g/mol. The van der Waals surface area contributed by atoms with Crippen molar-refractivity contribution in [2.24, 2.45) is 5.92 Å². The number of alkyl halides is 2. The summed E-state index contributed by atoms with van der Waals surface area (Å²) in [5, 5.41) is 4.13. The fourth-order valence-electron chi connectivity index (χ4n) is 4.50. The predicted molar refractivity (Wildman–Crippen MR) is 82.5 cm³/mol. The largest absolute Gasteiger partial charge is 0.435 e. The van der Waals surface area contributed by atoms with Gasteiger partial charge in [0.2, 0.25) is 5.89 Å². The summed E-state index contributed by atoms with van der Waals surface area (Å²) in [5.74, 6) is 1.97. The van der Waals surface area contributed by atoms with Crippen LogP contribution in [0, 0.1) is 5.92 Å². The second kappa shape index (κ2) is 5.24. The van der Waals surface area contributed by atoms with Gasteiger partial charge in [-0.1, -0.05) is 17.3 Å². The van der Waals surface area contributed by atoms with Crippen molar-refractivity contribution in [3.63, 3.8) is 0 Å². The Morgan fingerprint density at radius 1 is 1.24 bits per heavy atom. The van der Waals surface area contributed by atoms with E-state index in [1.54, 1.807) is 12.1 Å². The van der Waals surface area contributed by atoms with Crippen LogP contribution in [0.2, 0.25) is 0 Å². The second-order valence-electron chi connectivity index (χ2n) is 7.25. The van der Waals surface area contributed by atoms with Crippen LogP contribution in [-0.2, 0) is 16.6 Å². The highest BCUT2D eigenvalue weighted by Crippen LogP contribution is 2.71. The summed E-state index contributed by atoms with van der Waals surface area (Å²) in [6.45, 7) is -2.02. The summed E-state index contributed by atoms with van der Waals surface area (Å²) in [4.78, 5) is 4.64. The molecule has 0 unspecified atom stereocenters. The molecule has 0 amide bonds. The number of fused-ring (bicyclic) bond motifs is 2. The van der Waals surface area contributed by atoms with Gasteiger partial charge in [-0.2, -0.15) is 13.8 Å². The van der Waals surface area contributed by atoms with E-state index in [0.717, 1.165) is 31.4 Å². The molecule has 2 heterocycles. The molecule has 25 heavy (non-hydrogen) atoms. The Balaban J connectivity index is 1.32. The Morgan fingerprint density at radius 3 is 2.68 bits per heavy atom. The third-order valence-electron chi connectivity index (χ3n) is 6.00. The van der Waals surface area contributed by atoms with E-state index in [0.29, 0.717) is 24.1 Å². The highest BCUT2D eigenvalue weighted by atomic mass is 19.3. The molecule has 2 atom stereocenters. The van der Waals surface area contributed by atoms with Crippen LogP contribution in [-0.4, -0.2) is 29.0 Å². The van der Waals surface area contributed by atoms with Crippen molar-refractivity contribution in [2.45, 2.75) is 49.7 Å². The molecule has 1 aromatic heterocycles. The second-order valence-corrected chi connectivity index (χ2v) is 7.25. The van der Waals surface area contributed by atoms with Gasteiger partial charge < -0.3 is 14.0 Å². The zero-order valence-electron chi connectivity index (χ0n) is 13.6. The van der Waals surface area contributed by atoms with Gasteiger partial charge in [0, 0.05) is 12.3 Å². The third-order valence-corrected chi connectivity index (χ3v) is 6.00. The van der Waals surface area contributed by atoms with E-state index in [1.165, 1.54) is 18.6 Å². The molecule has 0 N–H and O–H groups in total. The predicted octanol–water partition coefficient (Wildman–Crippen LogP) is 3.47. The van der Waals surface area contributed by atoms with Gasteiger partial charge in [-0.05, 0) is 43.4 Å². The summed E-state index contributed by atoms with van der Waals surface area (Å²) in [7, 11) is 0. The van der Waals surface area contributed by atoms with E-state index in [9.17, 15) is 8.78 Å². The van der Waals surface area contributed by atoms with Gasteiger partial charge in [0.1, 0.15) is 5.75 Å². The molecule has 132 valence electrons. The van der Waals surface area contributed by atoms with E-state index in [1.807, 2.05) is 0 Å². The van der Waals surface area contributed by atoms with E-state index in [-0.39, 0.29) is 16.8 Å². The molecule has 3 fully saturated rings. The molecule has 0 radical (unpaired) electrons. The minimum Gasteiger partial charge on any atom is -0.435 e. The monoisotopic (exact) mass is 348 g/mol. The first-order valence-electron chi connectivity index (χ1n) is 8.62. The molecule has 5 nitrogen and oxygen atoms in total. The summed E-state index contributed by atoms with van der Waals surface area (Å²) >= 11 is 0. The molecule has 1 aliphatic heterocycles. The van der Waals surface area contributed by atoms with Crippen LogP contribution in [0.25, 0.3) is 0 Å². The summed E-state index contributed by atoms with van der Waals surface area (Å²) in [6, 6.07) is 6.51. The maximum absolute atomic E-state index is 12.2. The normalized spacial score (nSPS) is 28.8. The van der Waals surface area contributed by atoms with Gasteiger partial charge in [0.15, 0.2) is 5.82 Å². The van der Waals surface area contributed by atoms with Crippen molar-refractivity contribution in [1.82, 2.24) is 10.1 Å². The third kappa shape index (κ3) is 2.21. The SMILES string of the molecule is FC(F)Oc1ccc(Cc2noc([C@]34C[C@H]3COC43CCC3)n2)cc1. The highest BCUT2D eigenvalue weighted by Gasteiger charge is 2.77. The maximum atomic E-state index is 12.2. The minimum atomic E-state index is -2.82. The lowest BCUT2D eigenvalue weighted by Gasteiger charge is -2.43. The Labute approximate surface area is 143 Å². The molecule has 3 aliphatic rings. The molecular formula is C18H18F2N2O3. The molecule has 1 spiro atoms.